The molecule has 0 spiro atoms. The van der Waals surface area contributed by atoms with E-state index < -0.39 is 0 Å². The van der Waals surface area contributed by atoms with Crippen molar-refractivity contribution in [3.8, 4) is 5.75 Å². The van der Waals surface area contributed by atoms with Crippen LogP contribution in [0.2, 0.25) is 0 Å². The lowest BCUT2D eigenvalue weighted by Crippen LogP contribution is -2.24. The Hall–Kier alpha value is -3.01. The first-order valence-electron chi connectivity index (χ1n) is 7.42. The molecule has 0 amide bonds. The van der Waals surface area contributed by atoms with Gasteiger partial charge in [0.05, 0.1) is 18.5 Å². The second-order valence-electron chi connectivity index (χ2n) is 5.08. The van der Waals surface area contributed by atoms with Gasteiger partial charge in [-0.2, -0.15) is 0 Å². The fourth-order valence-corrected chi connectivity index (χ4v) is 2.45. The third kappa shape index (κ3) is 3.26. The Morgan fingerprint density at radius 2 is 1.78 bits per heavy atom. The minimum atomic E-state index is 0.865. The topological polar surface area (TPSA) is 30.3 Å². The normalized spacial score (nSPS) is 10.9. The predicted octanol–water partition coefficient (Wildman–Crippen LogP) is 3.96. The summed E-state index contributed by atoms with van der Waals surface area (Å²) in [7, 11) is 3.71. The number of rotatable bonds is 5. The van der Waals surface area contributed by atoms with E-state index in [0.717, 1.165) is 22.7 Å². The van der Waals surface area contributed by atoms with Gasteiger partial charge in [0.2, 0.25) is 0 Å². The first-order valence-corrected chi connectivity index (χ1v) is 7.42. The zero-order valence-electron chi connectivity index (χ0n) is 13.3. The lowest BCUT2D eigenvalue weighted by Gasteiger charge is -2.22. The SMILES string of the molecule is COc1ccccc1C=Cc1cccn1N(C)c1ccncc1. The molecule has 4 heteroatoms. The summed E-state index contributed by atoms with van der Waals surface area (Å²) in [4.78, 5) is 4.06. The number of pyridine rings is 1. The van der Waals surface area contributed by atoms with Crippen LogP contribution in [0.4, 0.5) is 5.69 Å². The lowest BCUT2D eigenvalue weighted by molar-refractivity contribution is 0.414. The summed E-state index contributed by atoms with van der Waals surface area (Å²) < 4.78 is 7.47. The average Bonchev–Trinajstić information content (AvgIpc) is 3.08. The Morgan fingerprint density at radius 3 is 2.57 bits per heavy atom. The fraction of sp³-hybridized carbons (Fsp3) is 0.105. The number of anilines is 1. The number of para-hydroxylation sites is 1. The molecule has 0 bridgehead atoms. The maximum atomic E-state index is 5.39. The maximum absolute atomic E-state index is 5.39. The maximum Gasteiger partial charge on any atom is 0.126 e. The molecule has 0 N–H and O–H groups in total. The molecule has 0 saturated carbocycles. The largest absolute Gasteiger partial charge is 0.496 e. The van der Waals surface area contributed by atoms with E-state index in [-0.39, 0.29) is 0 Å². The summed E-state index contributed by atoms with van der Waals surface area (Å²) in [5.41, 5.74) is 3.20. The number of ether oxygens (including phenoxy) is 1. The van der Waals surface area contributed by atoms with Gasteiger partial charge < -0.3 is 4.74 Å². The molecule has 0 fully saturated rings. The number of nitrogens with zero attached hydrogens (tertiary/aromatic N) is 3. The molecule has 0 aliphatic carbocycles. The Morgan fingerprint density at radius 1 is 1.00 bits per heavy atom. The van der Waals surface area contributed by atoms with Crippen LogP contribution in [-0.4, -0.2) is 23.8 Å². The summed E-state index contributed by atoms with van der Waals surface area (Å²) in [5, 5.41) is 2.07. The third-order valence-corrected chi connectivity index (χ3v) is 3.69. The van der Waals surface area contributed by atoms with Gasteiger partial charge in [-0.25, -0.2) is 0 Å². The van der Waals surface area contributed by atoms with Crippen LogP contribution in [0.3, 0.4) is 0 Å². The monoisotopic (exact) mass is 305 g/mol. The van der Waals surface area contributed by atoms with Crippen LogP contribution in [0.1, 0.15) is 11.3 Å². The molecule has 23 heavy (non-hydrogen) atoms. The summed E-state index contributed by atoms with van der Waals surface area (Å²) in [5.74, 6) is 0.865. The minimum Gasteiger partial charge on any atom is -0.496 e. The van der Waals surface area contributed by atoms with E-state index in [1.54, 1.807) is 19.5 Å². The molecule has 0 aliphatic heterocycles. The number of hydrogen-bond donors (Lipinski definition) is 0. The number of benzene rings is 1. The van der Waals surface area contributed by atoms with Gasteiger partial charge in [0.25, 0.3) is 0 Å². The van der Waals surface area contributed by atoms with Crippen molar-refractivity contribution >= 4 is 17.8 Å². The lowest BCUT2D eigenvalue weighted by atomic mass is 10.2. The molecule has 0 radical (unpaired) electrons. The van der Waals surface area contributed by atoms with Crippen LogP contribution in [0.15, 0.2) is 67.1 Å². The van der Waals surface area contributed by atoms with E-state index in [1.807, 2.05) is 55.7 Å². The summed E-state index contributed by atoms with van der Waals surface area (Å²) in [6.07, 6.45) is 9.75. The highest BCUT2D eigenvalue weighted by molar-refractivity contribution is 5.71. The van der Waals surface area contributed by atoms with E-state index in [2.05, 4.69) is 32.9 Å². The first kappa shape index (κ1) is 14.9. The van der Waals surface area contributed by atoms with Gasteiger partial charge in [-0.1, -0.05) is 18.2 Å². The van der Waals surface area contributed by atoms with Crippen LogP contribution in [0.5, 0.6) is 5.75 Å². The molecule has 0 saturated heterocycles. The molecule has 3 aromatic rings. The Kier molecular flexibility index (Phi) is 4.43. The van der Waals surface area contributed by atoms with E-state index in [4.69, 9.17) is 4.74 Å². The highest BCUT2D eigenvalue weighted by Crippen LogP contribution is 2.21. The molecular formula is C19H19N3O. The van der Waals surface area contributed by atoms with E-state index in [1.165, 1.54) is 0 Å². The van der Waals surface area contributed by atoms with Crippen molar-refractivity contribution in [3.63, 3.8) is 0 Å². The quantitative estimate of drug-likeness (QED) is 0.714. The van der Waals surface area contributed by atoms with Gasteiger partial charge in [-0.15, -0.1) is 0 Å². The predicted molar refractivity (Wildman–Crippen MR) is 94.4 cm³/mol. The Labute approximate surface area is 136 Å². The van der Waals surface area contributed by atoms with Crippen molar-refractivity contribution in [1.82, 2.24) is 9.66 Å². The standard InChI is InChI=1S/C19H19N3O/c1-21(17-11-13-20-14-12-17)22-15-5-7-18(22)10-9-16-6-3-4-8-19(16)23-2/h3-15H,1-2H3. The molecular weight excluding hydrogens is 286 g/mol. The highest BCUT2D eigenvalue weighted by atomic mass is 16.5. The summed E-state index contributed by atoms with van der Waals surface area (Å²) >= 11 is 0. The first-order chi connectivity index (χ1) is 11.3. The van der Waals surface area contributed by atoms with Crippen LogP contribution in [0.25, 0.3) is 12.2 Å². The smallest absolute Gasteiger partial charge is 0.126 e. The van der Waals surface area contributed by atoms with Crippen molar-refractivity contribution in [2.45, 2.75) is 0 Å². The second-order valence-corrected chi connectivity index (χ2v) is 5.08. The highest BCUT2D eigenvalue weighted by Gasteiger charge is 2.05. The van der Waals surface area contributed by atoms with Gasteiger partial charge in [0.1, 0.15) is 5.75 Å². The van der Waals surface area contributed by atoms with Crippen molar-refractivity contribution in [2.24, 2.45) is 0 Å². The van der Waals surface area contributed by atoms with Crippen molar-refractivity contribution < 1.29 is 4.74 Å². The molecule has 0 atom stereocenters. The zero-order valence-corrected chi connectivity index (χ0v) is 13.3. The average molecular weight is 305 g/mol. The molecule has 4 nitrogen and oxygen atoms in total. The molecule has 0 aliphatic rings. The van der Waals surface area contributed by atoms with E-state index >= 15 is 0 Å². The van der Waals surface area contributed by atoms with E-state index in [0.29, 0.717) is 0 Å². The Bertz CT molecular complexity index is 793. The van der Waals surface area contributed by atoms with Crippen LogP contribution < -0.4 is 9.75 Å². The van der Waals surface area contributed by atoms with Gasteiger partial charge in [-0.05, 0) is 42.5 Å². The molecule has 116 valence electrons. The number of methoxy groups -OCH3 is 1. The molecule has 1 aromatic carbocycles. The van der Waals surface area contributed by atoms with Gasteiger partial charge >= 0.3 is 0 Å². The van der Waals surface area contributed by atoms with E-state index in [9.17, 15) is 0 Å². The van der Waals surface area contributed by atoms with Gasteiger partial charge in [0.15, 0.2) is 0 Å². The summed E-state index contributed by atoms with van der Waals surface area (Å²) in [6.45, 7) is 0. The van der Waals surface area contributed by atoms with Crippen molar-refractivity contribution in [2.75, 3.05) is 19.2 Å². The van der Waals surface area contributed by atoms with Crippen LogP contribution >= 0.6 is 0 Å². The van der Waals surface area contributed by atoms with Crippen molar-refractivity contribution in [3.05, 3.63) is 78.4 Å². The molecule has 0 unspecified atom stereocenters. The van der Waals surface area contributed by atoms with Crippen LogP contribution in [-0.2, 0) is 0 Å². The summed E-state index contributed by atoms with van der Waals surface area (Å²) in [6, 6.07) is 16.0. The molecule has 3 rings (SSSR count). The fourth-order valence-electron chi connectivity index (χ4n) is 2.45. The number of aromatic nitrogens is 2. The van der Waals surface area contributed by atoms with Gasteiger partial charge in [-0.3, -0.25) is 14.7 Å². The van der Waals surface area contributed by atoms with Gasteiger partial charge in [0, 0.05) is 31.2 Å². The Balaban J connectivity index is 1.88. The molecule has 2 aromatic heterocycles. The second kappa shape index (κ2) is 6.83. The van der Waals surface area contributed by atoms with Crippen molar-refractivity contribution in [1.29, 1.82) is 0 Å². The minimum absolute atomic E-state index is 0.865. The third-order valence-electron chi connectivity index (χ3n) is 3.69. The number of hydrogen-bond acceptors (Lipinski definition) is 3. The molecule has 2 heterocycles. The zero-order chi connectivity index (χ0) is 16.1. The van der Waals surface area contributed by atoms with Crippen LogP contribution in [0, 0.1) is 0 Å².